The average molecular weight is 277 g/mol. The third-order valence-electron chi connectivity index (χ3n) is 4.89. The van der Waals surface area contributed by atoms with Crippen LogP contribution in [0, 0.1) is 6.92 Å². The SMILES string of the molecule is Cc1ccc(C(C(C)N)N2CC3CCCN3CC2C)o1. The van der Waals surface area contributed by atoms with Crippen LogP contribution in [0.15, 0.2) is 16.5 Å². The number of aryl methyl sites for hydroxylation is 1. The lowest BCUT2D eigenvalue weighted by atomic mass is 9.99. The fraction of sp³-hybridized carbons (Fsp3) is 0.750. The maximum atomic E-state index is 6.29. The lowest BCUT2D eigenvalue weighted by Crippen LogP contribution is -2.57. The maximum absolute atomic E-state index is 6.29. The highest BCUT2D eigenvalue weighted by atomic mass is 16.3. The van der Waals surface area contributed by atoms with Crippen LogP contribution in [0.5, 0.6) is 0 Å². The lowest BCUT2D eigenvalue weighted by Gasteiger charge is -2.46. The molecular weight excluding hydrogens is 250 g/mol. The number of hydrogen-bond donors (Lipinski definition) is 1. The van der Waals surface area contributed by atoms with Gasteiger partial charge in [-0.05, 0) is 52.3 Å². The van der Waals surface area contributed by atoms with Gasteiger partial charge in [-0.15, -0.1) is 0 Å². The molecule has 20 heavy (non-hydrogen) atoms. The molecule has 0 aromatic carbocycles. The topological polar surface area (TPSA) is 45.6 Å². The highest BCUT2D eigenvalue weighted by Crippen LogP contribution is 2.33. The minimum atomic E-state index is 0.0796. The first kappa shape index (κ1) is 14.1. The van der Waals surface area contributed by atoms with Crippen LogP contribution >= 0.6 is 0 Å². The zero-order chi connectivity index (χ0) is 14.3. The number of fused-ring (bicyclic) bond motifs is 1. The third-order valence-corrected chi connectivity index (χ3v) is 4.89. The molecule has 0 saturated carbocycles. The molecule has 2 aliphatic heterocycles. The van der Waals surface area contributed by atoms with Crippen LogP contribution in [0.25, 0.3) is 0 Å². The van der Waals surface area contributed by atoms with Gasteiger partial charge in [0.1, 0.15) is 11.5 Å². The molecule has 112 valence electrons. The van der Waals surface area contributed by atoms with E-state index in [1.807, 2.05) is 13.0 Å². The van der Waals surface area contributed by atoms with E-state index < -0.39 is 0 Å². The van der Waals surface area contributed by atoms with E-state index >= 15 is 0 Å². The Bertz CT molecular complexity index is 456. The zero-order valence-corrected chi connectivity index (χ0v) is 12.9. The van der Waals surface area contributed by atoms with Crippen LogP contribution < -0.4 is 5.73 Å². The number of rotatable bonds is 3. The molecule has 4 heteroatoms. The molecule has 0 radical (unpaired) electrons. The van der Waals surface area contributed by atoms with Gasteiger partial charge in [-0.25, -0.2) is 0 Å². The number of furan rings is 1. The van der Waals surface area contributed by atoms with E-state index in [0.29, 0.717) is 12.1 Å². The quantitative estimate of drug-likeness (QED) is 0.919. The van der Waals surface area contributed by atoms with E-state index in [4.69, 9.17) is 10.2 Å². The Morgan fingerprint density at radius 3 is 2.80 bits per heavy atom. The van der Waals surface area contributed by atoms with Crippen molar-refractivity contribution in [3.8, 4) is 0 Å². The summed E-state index contributed by atoms with van der Waals surface area (Å²) in [4.78, 5) is 5.21. The van der Waals surface area contributed by atoms with Crippen LogP contribution in [-0.4, -0.2) is 47.6 Å². The minimum absolute atomic E-state index is 0.0796. The Balaban J connectivity index is 1.83. The highest BCUT2D eigenvalue weighted by Gasteiger charge is 2.39. The van der Waals surface area contributed by atoms with Gasteiger partial charge < -0.3 is 10.2 Å². The minimum Gasteiger partial charge on any atom is -0.465 e. The standard InChI is InChI=1S/C16H27N3O/c1-11-9-18-8-4-5-14(18)10-19(11)16(13(3)17)15-7-6-12(2)20-15/h6-7,11,13-14,16H,4-5,8-10,17H2,1-3H3. The second-order valence-corrected chi connectivity index (χ2v) is 6.59. The summed E-state index contributed by atoms with van der Waals surface area (Å²) < 4.78 is 5.88. The van der Waals surface area contributed by atoms with Crippen LogP contribution in [0.2, 0.25) is 0 Å². The van der Waals surface area contributed by atoms with Crippen molar-refractivity contribution in [3.63, 3.8) is 0 Å². The van der Waals surface area contributed by atoms with Gasteiger partial charge in [0.25, 0.3) is 0 Å². The van der Waals surface area contributed by atoms with Gasteiger partial charge in [0.2, 0.25) is 0 Å². The largest absolute Gasteiger partial charge is 0.465 e. The van der Waals surface area contributed by atoms with Gasteiger partial charge in [-0.2, -0.15) is 0 Å². The van der Waals surface area contributed by atoms with Gasteiger partial charge in [0.15, 0.2) is 0 Å². The Morgan fingerprint density at radius 2 is 2.15 bits per heavy atom. The molecule has 3 heterocycles. The van der Waals surface area contributed by atoms with Crippen molar-refractivity contribution in [3.05, 3.63) is 23.7 Å². The van der Waals surface area contributed by atoms with Crippen molar-refractivity contribution in [1.82, 2.24) is 9.80 Å². The second kappa shape index (κ2) is 5.51. The van der Waals surface area contributed by atoms with Gasteiger partial charge >= 0.3 is 0 Å². The molecule has 2 aliphatic rings. The Morgan fingerprint density at radius 1 is 1.35 bits per heavy atom. The fourth-order valence-electron chi connectivity index (χ4n) is 3.93. The molecule has 2 N–H and O–H groups in total. The lowest BCUT2D eigenvalue weighted by molar-refractivity contribution is 0.0135. The predicted octanol–water partition coefficient (Wildman–Crippen LogP) is 2.14. The predicted molar refractivity (Wildman–Crippen MR) is 80.6 cm³/mol. The van der Waals surface area contributed by atoms with E-state index in [-0.39, 0.29) is 12.1 Å². The van der Waals surface area contributed by atoms with Crippen molar-refractivity contribution in [2.45, 2.75) is 57.8 Å². The monoisotopic (exact) mass is 277 g/mol. The van der Waals surface area contributed by atoms with Gasteiger partial charge in [0, 0.05) is 31.2 Å². The molecule has 1 aromatic heterocycles. The summed E-state index contributed by atoms with van der Waals surface area (Å²) in [5, 5.41) is 0. The summed E-state index contributed by atoms with van der Waals surface area (Å²) in [6.45, 7) is 9.96. The molecule has 0 aliphatic carbocycles. The molecule has 0 spiro atoms. The van der Waals surface area contributed by atoms with Crippen molar-refractivity contribution in [1.29, 1.82) is 0 Å². The molecule has 2 saturated heterocycles. The summed E-state index contributed by atoms with van der Waals surface area (Å²) in [7, 11) is 0. The van der Waals surface area contributed by atoms with E-state index in [0.717, 1.165) is 24.6 Å². The van der Waals surface area contributed by atoms with Crippen LogP contribution in [0.3, 0.4) is 0 Å². The van der Waals surface area contributed by atoms with Crippen LogP contribution in [-0.2, 0) is 0 Å². The Hall–Kier alpha value is -0.840. The van der Waals surface area contributed by atoms with Crippen molar-refractivity contribution in [2.24, 2.45) is 5.73 Å². The first-order valence-corrected chi connectivity index (χ1v) is 7.88. The van der Waals surface area contributed by atoms with E-state index in [1.165, 1.54) is 19.4 Å². The molecule has 0 amide bonds. The number of piperazine rings is 1. The molecule has 3 rings (SSSR count). The van der Waals surface area contributed by atoms with Crippen LogP contribution in [0.1, 0.15) is 44.3 Å². The van der Waals surface area contributed by atoms with E-state index in [1.54, 1.807) is 0 Å². The number of hydrogen-bond acceptors (Lipinski definition) is 4. The number of nitrogens with two attached hydrogens (primary N) is 1. The maximum Gasteiger partial charge on any atom is 0.122 e. The molecule has 2 fully saturated rings. The summed E-state index contributed by atoms with van der Waals surface area (Å²) in [5.74, 6) is 1.99. The highest BCUT2D eigenvalue weighted by molar-refractivity contribution is 5.13. The van der Waals surface area contributed by atoms with Gasteiger partial charge in [0.05, 0.1) is 6.04 Å². The third kappa shape index (κ3) is 2.52. The summed E-state index contributed by atoms with van der Waals surface area (Å²) in [6, 6.07) is 5.66. The Labute approximate surface area is 121 Å². The molecule has 4 nitrogen and oxygen atoms in total. The van der Waals surface area contributed by atoms with Gasteiger partial charge in [-0.1, -0.05) is 0 Å². The zero-order valence-electron chi connectivity index (χ0n) is 12.9. The number of nitrogens with zero attached hydrogens (tertiary/aromatic N) is 2. The van der Waals surface area contributed by atoms with Crippen molar-refractivity contribution >= 4 is 0 Å². The summed E-state index contributed by atoms with van der Waals surface area (Å²) in [5.41, 5.74) is 6.29. The molecule has 0 bridgehead atoms. The molecule has 1 aromatic rings. The molecule has 4 unspecified atom stereocenters. The summed E-state index contributed by atoms with van der Waals surface area (Å²) in [6.07, 6.45) is 2.67. The Kier molecular flexibility index (Phi) is 3.89. The van der Waals surface area contributed by atoms with Crippen molar-refractivity contribution < 1.29 is 4.42 Å². The first-order chi connectivity index (χ1) is 9.56. The van der Waals surface area contributed by atoms with Crippen molar-refractivity contribution in [2.75, 3.05) is 19.6 Å². The first-order valence-electron chi connectivity index (χ1n) is 7.88. The molecular formula is C16H27N3O. The average Bonchev–Trinajstić information content (AvgIpc) is 2.98. The second-order valence-electron chi connectivity index (χ2n) is 6.59. The van der Waals surface area contributed by atoms with Crippen LogP contribution in [0.4, 0.5) is 0 Å². The van der Waals surface area contributed by atoms with E-state index in [9.17, 15) is 0 Å². The normalized spacial score (nSPS) is 31.2. The molecule has 4 atom stereocenters. The fourth-order valence-corrected chi connectivity index (χ4v) is 3.93. The van der Waals surface area contributed by atoms with E-state index in [2.05, 4.69) is 29.7 Å². The van der Waals surface area contributed by atoms with Gasteiger partial charge in [-0.3, -0.25) is 9.80 Å². The smallest absolute Gasteiger partial charge is 0.122 e. The summed E-state index contributed by atoms with van der Waals surface area (Å²) >= 11 is 0.